The zero-order chi connectivity index (χ0) is 20.7. The van der Waals surface area contributed by atoms with E-state index in [9.17, 15) is 4.79 Å². The minimum atomic E-state index is -0.704. The molecule has 2 rings (SSSR count). The van der Waals surface area contributed by atoms with Crippen molar-refractivity contribution in [3.05, 3.63) is 24.3 Å². The zero-order valence-corrected chi connectivity index (χ0v) is 18.9. The van der Waals surface area contributed by atoms with E-state index in [-0.39, 0.29) is 18.8 Å². The summed E-state index contributed by atoms with van der Waals surface area (Å²) in [6, 6.07) is 0. The van der Waals surface area contributed by atoms with E-state index in [1.54, 1.807) is 0 Å². The van der Waals surface area contributed by atoms with E-state index in [4.69, 9.17) is 14.6 Å². The number of rotatable bonds is 14. The average Bonchev–Trinajstić information content (AvgIpc) is 3.16. The van der Waals surface area contributed by atoms with Crippen LogP contribution in [0, 0.1) is 11.8 Å². The molecule has 1 N–H and O–H groups in total. The predicted octanol–water partition coefficient (Wildman–Crippen LogP) is 6.22. The molecule has 0 aliphatic carbocycles. The van der Waals surface area contributed by atoms with Crippen molar-refractivity contribution in [2.45, 2.75) is 89.9 Å². The molecule has 2 unspecified atom stereocenters. The highest BCUT2D eigenvalue weighted by Crippen LogP contribution is 2.34. The van der Waals surface area contributed by atoms with Crippen LogP contribution in [0.1, 0.15) is 77.6 Å². The normalized spacial score (nSPS) is 26.4. The maximum atomic E-state index is 10.6. The van der Waals surface area contributed by atoms with Crippen LogP contribution in [0.15, 0.2) is 24.3 Å². The number of carboxylic acid groups (broad SMARTS) is 1. The monoisotopic (exact) mass is 424 g/mol. The molecule has 4 nitrogen and oxygen atoms in total. The van der Waals surface area contributed by atoms with Crippen LogP contribution in [0.3, 0.4) is 0 Å². The fourth-order valence-electron chi connectivity index (χ4n) is 3.92. The number of thioether (sulfide) groups is 1. The Hall–Kier alpha value is -0.780. The topological polar surface area (TPSA) is 55.8 Å². The summed E-state index contributed by atoms with van der Waals surface area (Å²) in [6.07, 6.45) is 20.4. The molecule has 2 aliphatic heterocycles. The summed E-state index contributed by atoms with van der Waals surface area (Å²) in [5.74, 6) is 2.98. The van der Waals surface area contributed by atoms with E-state index in [0.717, 1.165) is 45.1 Å². The van der Waals surface area contributed by atoms with Gasteiger partial charge in [-0.3, -0.25) is 4.79 Å². The van der Waals surface area contributed by atoms with E-state index in [0.29, 0.717) is 11.8 Å². The summed E-state index contributed by atoms with van der Waals surface area (Å²) in [6.45, 7) is 3.07. The third kappa shape index (κ3) is 10.7. The van der Waals surface area contributed by atoms with Gasteiger partial charge in [0.15, 0.2) is 6.29 Å². The first-order valence-electron chi connectivity index (χ1n) is 11.6. The highest BCUT2D eigenvalue weighted by molar-refractivity contribution is 7.99. The summed E-state index contributed by atoms with van der Waals surface area (Å²) in [4.78, 5) is 10.6. The van der Waals surface area contributed by atoms with E-state index < -0.39 is 5.97 Å². The van der Waals surface area contributed by atoms with Crippen LogP contribution in [0.25, 0.3) is 0 Å². The number of aliphatic carboxylic acids is 1. The first-order chi connectivity index (χ1) is 14.2. The molecule has 0 bridgehead atoms. The van der Waals surface area contributed by atoms with Gasteiger partial charge in [0.1, 0.15) is 0 Å². The predicted molar refractivity (Wildman–Crippen MR) is 121 cm³/mol. The van der Waals surface area contributed by atoms with Gasteiger partial charge in [-0.1, -0.05) is 50.5 Å². The molecule has 0 aromatic rings. The minimum absolute atomic E-state index is 0.0255. The molecule has 0 amide bonds. The molecule has 166 valence electrons. The van der Waals surface area contributed by atoms with Crippen molar-refractivity contribution in [1.82, 2.24) is 0 Å². The first-order valence-corrected chi connectivity index (χ1v) is 12.7. The van der Waals surface area contributed by atoms with Gasteiger partial charge in [0, 0.05) is 13.0 Å². The van der Waals surface area contributed by atoms with Crippen molar-refractivity contribution < 1.29 is 19.4 Å². The minimum Gasteiger partial charge on any atom is -0.481 e. The SMILES string of the molecule is CCCCCC(/C=C/[C@@H]1CSC[C@@H]1C/C=C\CCCC(=O)O)OC1CCCCO1. The molecule has 2 saturated heterocycles. The summed E-state index contributed by atoms with van der Waals surface area (Å²) < 4.78 is 12.1. The van der Waals surface area contributed by atoms with Crippen molar-refractivity contribution in [2.24, 2.45) is 11.8 Å². The number of carbonyl (C=O) groups is 1. The molecule has 0 aromatic heterocycles. The van der Waals surface area contributed by atoms with E-state index in [1.807, 2.05) is 11.8 Å². The Balaban J connectivity index is 1.79. The number of allylic oxidation sites excluding steroid dienone is 3. The van der Waals surface area contributed by atoms with E-state index in [1.165, 1.54) is 37.2 Å². The lowest BCUT2D eigenvalue weighted by molar-refractivity contribution is -0.179. The lowest BCUT2D eigenvalue weighted by Crippen LogP contribution is -2.27. The quantitative estimate of drug-likeness (QED) is 0.265. The molecule has 2 aliphatic rings. The third-order valence-electron chi connectivity index (χ3n) is 5.74. The standard InChI is InChI=1S/C24H40O4S/c1-2-3-6-12-22(28-24-14-9-10-17-27-24)16-15-21-19-29-18-20(21)11-7-4-5-8-13-23(25)26/h4,7,15-16,20-22,24H,2-3,5-6,8-14,17-19H2,1H3,(H,25,26)/b7-4-,16-15+/t20-,21+,22?,24?/m0/s1. The molecule has 29 heavy (non-hydrogen) atoms. The van der Waals surface area contributed by atoms with Crippen LogP contribution < -0.4 is 0 Å². The van der Waals surface area contributed by atoms with Crippen molar-refractivity contribution in [1.29, 1.82) is 0 Å². The highest BCUT2D eigenvalue weighted by atomic mass is 32.2. The average molecular weight is 425 g/mol. The molecule has 0 saturated carbocycles. The Labute approximate surface area is 181 Å². The fraction of sp³-hybridized carbons (Fsp3) is 0.792. The van der Waals surface area contributed by atoms with E-state index >= 15 is 0 Å². The Morgan fingerprint density at radius 3 is 2.90 bits per heavy atom. The maximum Gasteiger partial charge on any atom is 0.303 e. The van der Waals surface area contributed by atoms with Gasteiger partial charge in [-0.15, -0.1) is 0 Å². The van der Waals surface area contributed by atoms with Crippen LogP contribution in [-0.2, 0) is 14.3 Å². The Morgan fingerprint density at radius 2 is 2.14 bits per heavy atom. The largest absolute Gasteiger partial charge is 0.481 e. The summed E-state index contributed by atoms with van der Waals surface area (Å²) in [5.41, 5.74) is 0. The first kappa shape index (κ1) is 24.5. The van der Waals surface area contributed by atoms with Gasteiger partial charge in [-0.25, -0.2) is 0 Å². The Kier molecular flexibility index (Phi) is 12.7. The van der Waals surface area contributed by atoms with Gasteiger partial charge < -0.3 is 14.6 Å². The summed E-state index contributed by atoms with van der Waals surface area (Å²) in [5, 5.41) is 8.70. The molecule has 2 fully saturated rings. The Morgan fingerprint density at radius 1 is 1.24 bits per heavy atom. The number of hydrogen-bond acceptors (Lipinski definition) is 4. The second kappa shape index (κ2) is 15.1. The fourth-order valence-corrected chi connectivity index (χ4v) is 5.39. The van der Waals surface area contributed by atoms with Gasteiger partial charge in [0.2, 0.25) is 0 Å². The molecular weight excluding hydrogens is 384 g/mol. The maximum absolute atomic E-state index is 10.6. The van der Waals surface area contributed by atoms with Crippen LogP contribution in [-0.4, -0.2) is 41.6 Å². The smallest absolute Gasteiger partial charge is 0.303 e. The Bertz CT molecular complexity index is 499. The third-order valence-corrected chi connectivity index (χ3v) is 7.03. The van der Waals surface area contributed by atoms with Crippen LogP contribution in [0.2, 0.25) is 0 Å². The highest BCUT2D eigenvalue weighted by Gasteiger charge is 2.25. The van der Waals surface area contributed by atoms with Crippen molar-refractivity contribution >= 4 is 17.7 Å². The summed E-state index contributed by atoms with van der Waals surface area (Å²) >= 11 is 2.04. The van der Waals surface area contributed by atoms with Gasteiger partial charge in [0.25, 0.3) is 0 Å². The molecule has 0 spiro atoms. The number of unbranched alkanes of at least 4 members (excludes halogenated alkanes) is 3. The molecular formula is C24H40O4S. The van der Waals surface area contributed by atoms with Gasteiger partial charge in [-0.2, -0.15) is 11.8 Å². The molecule has 2 heterocycles. The zero-order valence-electron chi connectivity index (χ0n) is 18.1. The van der Waals surface area contributed by atoms with Crippen LogP contribution >= 0.6 is 11.8 Å². The number of carboxylic acids is 1. The van der Waals surface area contributed by atoms with Crippen molar-refractivity contribution in [3.8, 4) is 0 Å². The molecule has 4 atom stereocenters. The second-order valence-electron chi connectivity index (χ2n) is 8.31. The van der Waals surface area contributed by atoms with E-state index in [2.05, 4.69) is 31.2 Å². The molecule has 0 radical (unpaired) electrons. The lowest BCUT2D eigenvalue weighted by Gasteiger charge is -2.27. The van der Waals surface area contributed by atoms with Gasteiger partial charge >= 0.3 is 5.97 Å². The van der Waals surface area contributed by atoms with Crippen molar-refractivity contribution in [3.63, 3.8) is 0 Å². The number of hydrogen-bond donors (Lipinski definition) is 1. The van der Waals surface area contributed by atoms with Crippen LogP contribution in [0.5, 0.6) is 0 Å². The van der Waals surface area contributed by atoms with Gasteiger partial charge in [-0.05, 0) is 68.3 Å². The second-order valence-corrected chi connectivity index (χ2v) is 9.38. The lowest BCUT2D eigenvalue weighted by atomic mass is 9.91. The van der Waals surface area contributed by atoms with Crippen LogP contribution in [0.4, 0.5) is 0 Å². The van der Waals surface area contributed by atoms with Gasteiger partial charge in [0.05, 0.1) is 6.10 Å². The molecule has 5 heteroatoms. The van der Waals surface area contributed by atoms with Crippen molar-refractivity contribution in [2.75, 3.05) is 18.1 Å². The molecule has 0 aromatic carbocycles. The summed E-state index contributed by atoms with van der Waals surface area (Å²) in [7, 11) is 0. The number of ether oxygens (including phenoxy) is 2.